The first-order chi connectivity index (χ1) is 7.47. The Hall–Kier alpha value is -0.680. The predicted molar refractivity (Wildman–Crippen MR) is 60.2 cm³/mol. The zero-order valence-corrected chi connectivity index (χ0v) is 10.3. The van der Waals surface area contributed by atoms with Crippen molar-refractivity contribution in [1.82, 2.24) is 10.4 Å². The monoisotopic (exact) mass is 246 g/mol. The van der Waals surface area contributed by atoms with Crippen LogP contribution in [-0.2, 0) is 10.1 Å². The van der Waals surface area contributed by atoms with E-state index in [1.165, 1.54) is 37.9 Å². The summed E-state index contributed by atoms with van der Waals surface area (Å²) in [6, 6.07) is 0. The second-order valence-electron chi connectivity index (χ2n) is 3.95. The molecular weight excluding hydrogens is 228 g/mol. The first-order valence-electron chi connectivity index (χ1n) is 5.48. The van der Waals surface area contributed by atoms with Gasteiger partial charge in [0.25, 0.3) is 5.70 Å². The summed E-state index contributed by atoms with van der Waals surface area (Å²) in [6.45, 7) is 2.33. The Kier molecular flexibility index (Phi) is 5.15. The normalized spacial score (nSPS) is 20.6. The Labute approximate surface area is 97.2 Å². The number of hydrogen-bond donors (Lipinski definition) is 1. The van der Waals surface area contributed by atoms with Crippen molar-refractivity contribution in [3.63, 3.8) is 0 Å². The molecule has 0 amide bonds. The minimum Gasteiger partial charge on any atom is -0.748 e. The molecule has 0 atom stereocenters. The average molecular weight is 246 g/mol. The highest BCUT2D eigenvalue weighted by atomic mass is 32.2. The van der Waals surface area contributed by atoms with Crippen LogP contribution in [-0.4, -0.2) is 37.3 Å². The van der Waals surface area contributed by atoms with E-state index in [1.54, 1.807) is 0 Å². The van der Waals surface area contributed by atoms with Gasteiger partial charge in [0, 0.05) is 32.2 Å². The van der Waals surface area contributed by atoms with Gasteiger partial charge in [0.15, 0.2) is 6.42 Å². The van der Waals surface area contributed by atoms with Gasteiger partial charge in [-0.25, -0.2) is 13.8 Å². The maximum absolute atomic E-state index is 9.08. The molecule has 0 aromatic carbocycles. The number of fused-ring (bicyclic) bond motifs is 1. The Morgan fingerprint density at radius 3 is 2.75 bits per heavy atom. The van der Waals surface area contributed by atoms with Crippen LogP contribution in [0.25, 0.3) is 0 Å². The lowest BCUT2D eigenvalue weighted by atomic mass is 10.1. The molecule has 0 saturated carbocycles. The number of allylic oxidation sites excluding steroid dienone is 2. The lowest BCUT2D eigenvalue weighted by Crippen LogP contribution is -2.38. The molecule has 2 rings (SSSR count). The lowest BCUT2D eigenvalue weighted by Gasteiger charge is -2.21. The van der Waals surface area contributed by atoms with Gasteiger partial charge in [0.1, 0.15) is 0 Å². The fourth-order valence-corrected chi connectivity index (χ4v) is 1.73. The summed E-state index contributed by atoms with van der Waals surface area (Å²) in [4.78, 5) is 0. The van der Waals surface area contributed by atoms with Crippen LogP contribution in [0.4, 0.5) is 0 Å². The maximum Gasteiger partial charge on any atom is 0.270 e. The SMILES string of the molecule is CS(=O)(=O)[O-].[C+]1=C2CCCCNN2CCC1. The summed E-state index contributed by atoms with van der Waals surface area (Å²) in [7, 11) is -3.92. The summed E-state index contributed by atoms with van der Waals surface area (Å²) < 4.78 is 27.2. The van der Waals surface area contributed by atoms with Crippen molar-refractivity contribution in [2.24, 2.45) is 0 Å². The summed E-state index contributed by atoms with van der Waals surface area (Å²) in [5.74, 6) is 0. The molecule has 1 saturated heterocycles. The van der Waals surface area contributed by atoms with Gasteiger partial charge in [-0.3, -0.25) is 5.01 Å². The Bertz CT molecular complexity index is 330. The van der Waals surface area contributed by atoms with Gasteiger partial charge in [-0.05, 0) is 12.8 Å². The third-order valence-corrected chi connectivity index (χ3v) is 2.36. The van der Waals surface area contributed by atoms with Crippen LogP contribution in [0.1, 0.15) is 32.1 Å². The smallest absolute Gasteiger partial charge is 0.270 e. The third kappa shape index (κ3) is 6.02. The molecule has 0 unspecified atom stereocenters. The molecule has 0 spiro atoms. The van der Waals surface area contributed by atoms with Crippen LogP contribution in [0.15, 0.2) is 5.70 Å². The van der Waals surface area contributed by atoms with Gasteiger partial charge in [0.2, 0.25) is 6.08 Å². The summed E-state index contributed by atoms with van der Waals surface area (Å²) in [6.07, 6.45) is 10.3. The van der Waals surface area contributed by atoms with E-state index in [0.29, 0.717) is 6.26 Å². The molecule has 16 heavy (non-hydrogen) atoms. The molecule has 1 fully saturated rings. The highest BCUT2D eigenvalue weighted by molar-refractivity contribution is 7.84. The Morgan fingerprint density at radius 1 is 1.38 bits per heavy atom. The zero-order chi connectivity index (χ0) is 12.0. The molecule has 6 heteroatoms. The maximum atomic E-state index is 9.08. The summed E-state index contributed by atoms with van der Waals surface area (Å²) in [5.41, 5.74) is 4.83. The molecule has 2 aliphatic rings. The van der Waals surface area contributed by atoms with Crippen LogP contribution >= 0.6 is 0 Å². The molecule has 0 aromatic rings. The first kappa shape index (κ1) is 13.4. The van der Waals surface area contributed by atoms with E-state index in [-0.39, 0.29) is 0 Å². The largest absolute Gasteiger partial charge is 0.748 e. The topological polar surface area (TPSA) is 72.5 Å². The Morgan fingerprint density at radius 2 is 2.06 bits per heavy atom. The van der Waals surface area contributed by atoms with E-state index >= 15 is 0 Å². The molecule has 0 aliphatic carbocycles. The molecule has 0 radical (unpaired) electrons. The van der Waals surface area contributed by atoms with Crippen LogP contribution < -0.4 is 5.43 Å². The van der Waals surface area contributed by atoms with E-state index < -0.39 is 10.1 Å². The third-order valence-electron chi connectivity index (χ3n) is 2.36. The van der Waals surface area contributed by atoms with E-state index in [9.17, 15) is 0 Å². The van der Waals surface area contributed by atoms with Crippen molar-refractivity contribution in [3.05, 3.63) is 11.8 Å². The molecule has 0 bridgehead atoms. The molecule has 1 N–H and O–H groups in total. The van der Waals surface area contributed by atoms with Crippen LogP contribution in [0, 0.1) is 6.08 Å². The molecule has 0 aromatic heterocycles. The molecule has 92 valence electrons. The Balaban J connectivity index is 0.000000221. The van der Waals surface area contributed by atoms with Gasteiger partial charge in [0.05, 0.1) is 10.1 Å². The van der Waals surface area contributed by atoms with Crippen molar-refractivity contribution >= 4 is 10.1 Å². The van der Waals surface area contributed by atoms with Gasteiger partial charge in [-0.15, -0.1) is 0 Å². The van der Waals surface area contributed by atoms with Crippen molar-refractivity contribution in [2.45, 2.75) is 32.1 Å². The van der Waals surface area contributed by atoms with E-state index in [1.807, 2.05) is 0 Å². The van der Waals surface area contributed by atoms with E-state index in [4.69, 9.17) is 13.0 Å². The second-order valence-corrected chi connectivity index (χ2v) is 5.36. The predicted octanol–water partition coefficient (Wildman–Crippen LogP) is 0.619. The number of hydrogen-bond acceptors (Lipinski definition) is 5. The zero-order valence-electron chi connectivity index (χ0n) is 9.53. The van der Waals surface area contributed by atoms with Gasteiger partial charge in [-0.1, -0.05) is 0 Å². The fourth-order valence-electron chi connectivity index (χ4n) is 1.73. The standard InChI is InChI=1S/C9H15N2.CH4O3S/c1-3-7-10-11-8-4-2-6-9(11)5-1;1-5(2,3)4/h10H,1-5,7-8H2;1H3,(H,2,3,4)/q+1;/p-1. The van der Waals surface area contributed by atoms with Crippen LogP contribution in [0.3, 0.4) is 0 Å². The minimum atomic E-state index is -3.92. The quantitative estimate of drug-likeness (QED) is 0.501. The van der Waals surface area contributed by atoms with Gasteiger partial charge < -0.3 is 4.55 Å². The fraction of sp³-hybridized carbons (Fsp3) is 0.800. The number of hydrazine groups is 1. The first-order valence-corrected chi connectivity index (χ1v) is 7.30. The highest BCUT2D eigenvalue weighted by Gasteiger charge is 2.25. The molecule has 5 nitrogen and oxygen atoms in total. The van der Waals surface area contributed by atoms with E-state index in [0.717, 1.165) is 13.0 Å². The van der Waals surface area contributed by atoms with Crippen molar-refractivity contribution < 1.29 is 13.0 Å². The number of nitrogens with zero attached hydrogens (tertiary/aromatic N) is 1. The van der Waals surface area contributed by atoms with Crippen LogP contribution in [0.2, 0.25) is 0 Å². The number of rotatable bonds is 0. The van der Waals surface area contributed by atoms with Crippen molar-refractivity contribution in [2.75, 3.05) is 19.3 Å². The van der Waals surface area contributed by atoms with Crippen molar-refractivity contribution in [1.29, 1.82) is 0 Å². The molecule has 2 heterocycles. The highest BCUT2D eigenvalue weighted by Crippen LogP contribution is 2.19. The summed E-state index contributed by atoms with van der Waals surface area (Å²) in [5, 5.41) is 2.29. The molecule has 2 aliphatic heterocycles. The number of nitrogens with one attached hydrogen (secondary N) is 1. The van der Waals surface area contributed by atoms with Gasteiger partial charge in [-0.2, -0.15) is 0 Å². The average Bonchev–Trinajstić information content (AvgIpc) is 2.39. The van der Waals surface area contributed by atoms with Crippen LogP contribution in [0.5, 0.6) is 0 Å². The lowest BCUT2D eigenvalue weighted by molar-refractivity contribution is 0.234. The summed E-state index contributed by atoms with van der Waals surface area (Å²) >= 11 is 0. The molecular formula is C10H18N2O3S. The van der Waals surface area contributed by atoms with Gasteiger partial charge >= 0.3 is 0 Å². The second kappa shape index (κ2) is 6.15. The van der Waals surface area contributed by atoms with Crippen molar-refractivity contribution in [3.8, 4) is 0 Å². The van der Waals surface area contributed by atoms with E-state index in [2.05, 4.69) is 16.5 Å². The minimum absolute atomic E-state index is 0.604.